The zero-order chi connectivity index (χ0) is 13.3. The van der Waals surface area contributed by atoms with Gasteiger partial charge in [-0.3, -0.25) is 0 Å². The highest BCUT2D eigenvalue weighted by atomic mass is 35.5. The van der Waals surface area contributed by atoms with E-state index in [1.807, 2.05) is 13.1 Å². The SMILES string of the molecule is CNC(c1ccc(Cl)s1)c1cc(C)c(C)cc1C. The van der Waals surface area contributed by atoms with Gasteiger partial charge in [-0.1, -0.05) is 23.7 Å². The van der Waals surface area contributed by atoms with Gasteiger partial charge in [-0.15, -0.1) is 11.3 Å². The molecule has 0 aliphatic heterocycles. The van der Waals surface area contributed by atoms with Gasteiger partial charge < -0.3 is 5.32 Å². The van der Waals surface area contributed by atoms with Crippen LogP contribution in [0.4, 0.5) is 0 Å². The summed E-state index contributed by atoms with van der Waals surface area (Å²) in [6.45, 7) is 6.48. The van der Waals surface area contributed by atoms with E-state index in [-0.39, 0.29) is 6.04 Å². The first-order valence-corrected chi connectivity index (χ1v) is 7.22. The Morgan fingerprint density at radius 2 is 1.72 bits per heavy atom. The summed E-state index contributed by atoms with van der Waals surface area (Å²) in [6, 6.07) is 8.82. The van der Waals surface area contributed by atoms with Gasteiger partial charge in [-0.05, 0) is 62.2 Å². The van der Waals surface area contributed by atoms with Gasteiger partial charge in [0.05, 0.1) is 10.4 Å². The molecular formula is C15H18ClNS. The number of benzene rings is 1. The van der Waals surface area contributed by atoms with E-state index in [1.54, 1.807) is 11.3 Å². The summed E-state index contributed by atoms with van der Waals surface area (Å²) in [5, 5.41) is 3.39. The van der Waals surface area contributed by atoms with Crippen molar-refractivity contribution in [1.82, 2.24) is 5.32 Å². The van der Waals surface area contributed by atoms with E-state index in [0.29, 0.717) is 0 Å². The van der Waals surface area contributed by atoms with Crippen molar-refractivity contribution in [1.29, 1.82) is 0 Å². The molecular weight excluding hydrogens is 262 g/mol. The van der Waals surface area contributed by atoms with Crippen LogP contribution >= 0.6 is 22.9 Å². The summed E-state index contributed by atoms with van der Waals surface area (Å²) in [5.74, 6) is 0. The fourth-order valence-corrected chi connectivity index (χ4v) is 3.42. The van der Waals surface area contributed by atoms with Crippen molar-refractivity contribution in [3.05, 3.63) is 55.7 Å². The summed E-state index contributed by atoms with van der Waals surface area (Å²) in [7, 11) is 1.99. The number of aryl methyl sites for hydroxylation is 3. The molecule has 0 saturated heterocycles. The average molecular weight is 280 g/mol. The predicted octanol–water partition coefficient (Wildman–Crippen LogP) is 4.64. The third-order valence-corrected chi connectivity index (χ3v) is 4.66. The lowest BCUT2D eigenvalue weighted by molar-refractivity contribution is 0.698. The van der Waals surface area contributed by atoms with E-state index >= 15 is 0 Å². The van der Waals surface area contributed by atoms with E-state index in [4.69, 9.17) is 11.6 Å². The van der Waals surface area contributed by atoms with Crippen LogP contribution in [0, 0.1) is 20.8 Å². The molecule has 0 aliphatic carbocycles. The Bertz CT molecular complexity index is 560. The predicted molar refractivity (Wildman–Crippen MR) is 80.9 cm³/mol. The van der Waals surface area contributed by atoms with Crippen LogP contribution in [0.2, 0.25) is 4.34 Å². The number of nitrogens with one attached hydrogen (secondary N) is 1. The van der Waals surface area contributed by atoms with Gasteiger partial charge in [-0.2, -0.15) is 0 Å². The molecule has 0 saturated carbocycles. The summed E-state index contributed by atoms with van der Waals surface area (Å²) in [5.41, 5.74) is 5.33. The molecule has 0 spiro atoms. The van der Waals surface area contributed by atoms with Gasteiger partial charge in [0.1, 0.15) is 0 Å². The molecule has 1 atom stereocenters. The van der Waals surface area contributed by atoms with Crippen molar-refractivity contribution in [3.63, 3.8) is 0 Å². The molecule has 1 unspecified atom stereocenters. The largest absolute Gasteiger partial charge is 0.309 e. The standard InChI is InChI=1S/C15H18ClNS/c1-9-7-11(3)12(8-10(9)2)15(17-4)13-5-6-14(16)18-13/h5-8,15,17H,1-4H3. The maximum atomic E-state index is 6.04. The second-order valence-electron chi connectivity index (χ2n) is 4.66. The van der Waals surface area contributed by atoms with E-state index < -0.39 is 0 Å². The lowest BCUT2D eigenvalue weighted by Crippen LogP contribution is -2.17. The molecule has 0 bridgehead atoms. The van der Waals surface area contributed by atoms with E-state index in [0.717, 1.165) is 4.34 Å². The molecule has 0 radical (unpaired) electrons. The first-order chi connectivity index (χ1) is 8.52. The van der Waals surface area contributed by atoms with Gasteiger partial charge in [-0.25, -0.2) is 0 Å². The van der Waals surface area contributed by atoms with Gasteiger partial charge in [0.15, 0.2) is 0 Å². The Labute approximate surface area is 118 Å². The van der Waals surface area contributed by atoms with Crippen molar-refractivity contribution >= 4 is 22.9 Å². The van der Waals surface area contributed by atoms with Crippen molar-refractivity contribution in [2.45, 2.75) is 26.8 Å². The highest BCUT2D eigenvalue weighted by Gasteiger charge is 2.16. The van der Waals surface area contributed by atoms with E-state index in [2.05, 4.69) is 44.3 Å². The first-order valence-electron chi connectivity index (χ1n) is 6.03. The van der Waals surface area contributed by atoms with Gasteiger partial charge in [0.2, 0.25) is 0 Å². The van der Waals surface area contributed by atoms with Crippen molar-refractivity contribution < 1.29 is 0 Å². The summed E-state index contributed by atoms with van der Waals surface area (Å²) < 4.78 is 0.840. The minimum absolute atomic E-state index is 0.224. The maximum absolute atomic E-state index is 6.04. The van der Waals surface area contributed by atoms with Crippen molar-refractivity contribution in [3.8, 4) is 0 Å². The van der Waals surface area contributed by atoms with Gasteiger partial charge in [0, 0.05) is 4.88 Å². The summed E-state index contributed by atoms with van der Waals surface area (Å²) in [4.78, 5) is 1.26. The summed E-state index contributed by atoms with van der Waals surface area (Å²) >= 11 is 7.67. The van der Waals surface area contributed by atoms with Gasteiger partial charge >= 0.3 is 0 Å². The minimum Gasteiger partial charge on any atom is -0.309 e. The first kappa shape index (κ1) is 13.6. The molecule has 0 fully saturated rings. The minimum atomic E-state index is 0.224. The lowest BCUT2D eigenvalue weighted by Gasteiger charge is -2.19. The topological polar surface area (TPSA) is 12.0 Å². The molecule has 3 heteroatoms. The number of halogens is 1. The molecule has 2 rings (SSSR count). The zero-order valence-corrected chi connectivity index (χ0v) is 12.7. The zero-order valence-electron chi connectivity index (χ0n) is 11.2. The third kappa shape index (κ3) is 2.61. The van der Waals surface area contributed by atoms with E-state index in [1.165, 1.54) is 27.1 Å². The van der Waals surface area contributed by atoms with Crippen LogP contribution < -0.4 is 5.32 Å². The smallest absolute Gasteiger partial charge is 0.0931 e. The van der Waals surface area contributed by atoms with Crippen molar-refractivity contribution in [2.24, 2.45) is 0 Å². The highest BCUT2D eigenvalue weighted by Crippen LogP contribution is 2.33. The third-order valence-electron chi connectivity index (χ3n) is 3.36. The van der Waals surface area contributed by atoms with Crippen LogP contribution in [0.3, 0.4) is 0 Å². The molecule has 0 amide bonds. The van der Waals surface area contributed by atoms with Crippen molar-refractivity contribution in [2.75, 3.05) is 7.05 Å². The highest BCUT2D eigenvalue weighted by molar-refractivity contribution is 7.16. The average Bonchev–Trinajstić information content (AvgIpc) is 2.73. The number of thiophene rings is 1. The Hall–Kier alpha value is -0.830. The van der Waals surface area contributed by atoms with Crippen LogP contribution in [-0.4, -0.2) is 7.05 Å². The second-order valence-corrected chi connectivity index (χ2v) is 6.40. The molecule has 1 heterocycles. The Morgan fingerprint density at radius 1 is 1.06 bits per heavy atom. The normalized spacial score (nSPS) is 12.7. The Kier molecular flexibility index (Phi) is 4.10. The number of rotatable bonds is 3. The second kappa shape index (κ2) is 5.43. The molecule has 0 aliphatic rings. The number of hydrogen-bond donors (Lipinski definition) is 1. The fourth-order valence-electron chi connectivity index (χ4n) is 2.23. The fraction of sp³-hybridized carbons (Fsp3) is 0.333. The van der Waals surface area contributed by atoms with Crippen LogP contribution in [0.15, 0.2) is 24.3 Å². The molecule has 1 nitrogen and oxygen atoms in total. The Morgan fingerprint density at radius 3 is 2.28 bits per heavy atom. The van der Waals surface area contributed by atoms with Crippen LogP contribution in [0.1, 0.15) is 33.2 Å². The molecule has 1 aromatic carbocycles. The molecule has 1 aromatic heterocycles. The van der Waals surface area contributed by atoms with Crippen LogP contribution in [0.5, 0.6) is 0 Å². The maximum Gasteiger partial charge on any atom is 0.0931 e. The van der Waals surface area contributed by atoms with Gasteiger partial charge in [0.25, 0.3) is 0 Å². The molecule has 96 valence electrons. The molecule has 18 heavy (non-hydrogen) atoms. The monoisotopic (exact) mass is 279 g/mol. The molecule has 2 aromatic rings. The molecule has 1 N–H and O–H groups in total. The van der Waals surface area contributed by atoms with Crippen LogP contribution in [0.25, 0.3) is 0 Å². The number of hydrogen-bond acceptors (Lipinski definition) is 2. The van der Waals surface area contributed by atoms with Crippen LogP contribution in [-0.2, 0) is 0 Å². The Balaban J connectivity index is 2.48. The lowest BCUT2D eigenvalue weighted by atomic mass is 9.95. The van der Waals surface area contributed by atoms with E-state index in [9.17, 15) is 0 Å². The summed E-state index contributed by atoms with van der Waals surface area (Å²) in [6.07, 6.45) is 0. The quantitative estimate of drug-likeness (QED) is 0.863.